The first-order valence-corrected chi connectivity index (χ1v) is 35.6. The second kappa shape index (κ2) is 44.5. The number of hydrogen-bond donors (Lipinski definition) is 3. The number of morpholine rings is 3. The average molecular weight is 1710 g/mol. The van der Waals surface area contributed by atoms with Gasteiger partial charge in [-0.1, -0.05) is 41.7 Å². The molecule has 12 aromatic heterocycles. The molecule has 106 heavy (non-hydrogen) atoms. The zero-order valence-electron chi connectivity index (χ0n) is 62.0. The van der Waals surface area contributed by atoms with Crippen LogP contribution in [0.15, 0.2) is 91.8 Å². The van der Waals surface area contributed by atoms with E-state index >= 15 is 0 Å². The number of aliphatic hydroxyl groups is 1. The van der Waals surface area contributed by atoms with E-state index in [1.54, 1.807) is 73.4 Å². The summed E-state index contributed by atoms with van der Waals surface area (Å²) in [4.78, 5) is 36.0. The van der Waals surface area contributed by atoms with Crippen molar-refractivity contribution >= 4 is 124 Å². The molecule has 0 radical (unpaired) electrons. The van der Waals surface area contributed by atoms with Crippen LogP contribution < -0.4 is 139 Å². The Morgan fingerprint density at radius 2 is 0.858 bits per heavy atom. The molecule has 3 saturated heterocycles. The van der Waals surface area contributed by atoms with Gasteiger partial charge < -0.3 is 110 Å². The quantitative estimate of drug-likeness (QED) is 0.0631. The Morgan fingerprint density at radius 3 is 1.20 bits per heavy atom. The molecular weight excluding hydrogens is 1620 g/mol. The van der Waals surface area contributed by atoms with Gasteiger partial charge in [0.25, 0.3) is 17.6 Å². The number of rotatable bonds is 18. The minimum atomic E-state index is 0. The van der Waals surface area contributed by atoms with Gasteiger partial charge in [-0.05, 0) is 42.8 Å². The summed E-state index contributed by atoms with van der Waals surface area (Å²) < 4.78 is 59.6. The van der Waals surface area contributed by atoms with E-state index in [1.165, 1.54) is 0 Å². The summed E-state index contributed by atoms with van der Waals surface area (Å²) in [5.41, 5.74) is 13.8. The molecule has 3 aliphatic rings. The monoisotopic (exact) mass is 1700 g/mol. The number of pyridine rings is 6. The van der Waals surface area contributed by atoms with Gasteiger partial charge in [-0.15, -0.1) is 23.2 Å². The molecule has 26 nitrogen and oxygen atoms in total. The molecule has 0 amide bonds. The van der Waals surface area contributed by atoms with Crippen molar-refractivity contribution < 1.29 is 158 Å². The van der Waals surface area contributed by atoms with Crippen molar-refractivity contribution in [1.82, 2.24) is 72.8 Å². The normalized spacial score (nSPS) is 13.5. The summed E-state index contributed by atoms with van der Waals surface area (Å²) in [7, 11) is 14.7. The molecule has 0 bridgehead atoms. The van der Waals surface area contributed by atoms with Crippen molar-refractivity contribution in [3.63, 3.8) is 0 Å². The molecule has 34 heteroatoms. The summed E-state index contributed by atoms with van der Waals surface area (Å²) in [6.45, 7) is 17.3. The summed E-state index contributed by atoms with van der Waals surface area (Å²) in [5, 5.41) is 14.9. The topological polar surface area (TPSA) is 270 Å². The maximum absolute atomic E-state index is 7.00. The molecule has 4 N–H and O–H groups in total. The fourth-order valence-electron chi connectivity index (χ4n) is 12.5. The molecule has 562 valence electrons. The number of H-pyrrole nitrogens is 1. The second-order valence-electron chi connectivity index (χ2n) is 23.5. The number of aromatic nitrogens is 12. The van der Waals surface area contributed by atoms with Crippen LogP contribution in [0.1, 0.15) is 13.3 Å². The number of hydrogen-bond acceptors (Lipinski definition) is 20. The number of aliphatic hydroxyl groups excluding tert-OH is 1. The second-order valence-corrected chi connectivity index (χ2v) is 25.5. The van der Waals surface area contributed by atoms with E-state index < -0.39 is 0 Å². The molecule has 0 atom stereocenters. The molecule has 15 heterocycles. The number of aromatic amines is 1. The molecule has 12 aromatic rings. The Morgan fingerprint density at radius 1 is 0.491 bits per heavy atom. The number of ether oxygens (including phenoxy) is 9. The summed E-state index contributed by atoms with van der Waals surface area (Å²) >= 11 is 29.3. The predicted molar refractivity (Wildman–Crippen MR) is 408 cm³/mol. The molecule has 3 aliphatic heterocycles. The Balaban J connectivity index is 0.000000227. The Labute approximate surface area is 723 Å². The van der Waals surface area contributed by atoms with Gasteiger partial charge in [0, 0.05) is 193 Å². The Hall–Kier alpha value is -4.56. The molecule has 0 aromatic carbocycles. The van der Waals surface area contributed by atoms with Crippen LogP contribution in [0.4, 0.5) is 0 Å². The number of fused-ring (bicyclic) bond motifs is 6. The molecule has 0 aliphatic carbocycles. The van der Waals surface area contributed by atoms with E-state index in [0.717, 1.165) is 225 Å². The van der Waals surface area contributed by atoms with Gasteiger partial charge in [-0.3, -0.25) is 9.80 Å². The van der Waals surface area contributed by atoms with Crippen LogP contribution in [-0.4, -0.2) is 232 Å². The van der Waals surface area contributed by atoms with E-state index in [-0.39, 0.29) is 110 Å². The minimum Gasteiger partial charge on any atom is -1.00 e. The van der Waals surface area contributed by atoms with Crippen molar-refractivity contribution in [1.29, 1.82) is 0 Å². The van der Waals surface area contributed by atoms with Crippen LogP contribution in [0.25, 0.3) is 100.0 Å². The van der Waals surface area contributed by atoms with E-state index in [4.69, 9.17) is 121 Å². The maximum Gasteiger partial charge on any atom is 1.00 e. The van der Waals surface area contributed by atoms with Crippen LogP contribution in [0, 0.1) is 0 Å². The van der Waals surface area contributed by atoms with Crippen molar-refractivity contribution in [2.45, 2.75) is 33.0 Å². The first-order chi connectivity index (χ1) is 49.8. The van der Waals surface area contributed by atoms with E-state index in [2.05, 4.69) is 91.0 Å². The molecule has 0 unspecified atom stereocenters. The van der Waals surface area contributed by atoms with Crippen LogP contribution in [0.3, 0.4) is 0 Å². The Bertz CT molecular complexity index is 4740. The van der Waals surface area contributed by atoms with E-state index in [0.29, 0.717) is 61.7 Å². The summed E-state index contributed by atoms with van der Waals surface area (Å²) in [6.07, 6.45) is 12.6. The number of methoxy groups -OCH3 is 6. The SMILES string of the molecule is C1COCCN1.CCCn1cc(-c2cc3c(Cl)ccnc3n2C)c2nc(OC)c(OC)cc21.CO.COc1cc2c(nc1OC)c(-c1cc3c(Cl)ccnc3[nH]1)cn2CCN1CCOCC1.COc1cc2c(nc1OC)c(-c1cc3c(Cl)ccnc3n1C)cn2CCN1CCOCC1.ClCCCl.[I-].[K+].[Na+].[OH-]. The summed E-state index contributed by atoms with van der Waals surface area (Å²) in [6, 6.07) is 17.5. The fraction of sp³-hybridized carbons (Fsp3) is 0.417. The fourth-order valence-corrected chi connectivity index (χ4v) is 13.0. The largest absolute Gasteiger partial charge is 1.00 e. The Kier molecular flexibility index (Phi) is 37.9. The van der Waals surface area contributed by atoms with Crippen molar-refractivity contribution in [2.24, 2.45) is 14.1 Å². The van der Waals surface area contributed by atoms with Gasteiger partial charge in [-0.2, -0.15) is 0 Å². The van der Waals surface area contributed by atoms with Crippen molar-refractivity contribution in [3.8, 4) is 68.7 Å². The molecule has 3 fully saturated rings. The van der Waals surface area contributed by atoms with Gasteiger partial charge >= 0.3 is 80.9 Å². The third-order valence-corrected chi connectivity index (χ3v) is 19.1. The first-order valence-electron chi connectivity index (χ1n) is 33.4. The predicted octanol–water partition coefficient (Wildman–Crippen LogP) is 3.36. The van der Waals surface area contributed by atoms with E-state index in [9.17, 15) is 0 Å². The number of alkyl halides is 2. The van der Waals surface area contributed by atoms with Crippen LogP contribution >= 0.6 is 58.0 Å². The number of aryl methyl sites for hydroxylation is 3. The van der Waals surface area contributed by atoms with Crippen molar-refractivity contribution in [3.05, 3.63) is 107 Å². The third-order valence-electron chi connectivity index (χ3n) is 17.6. The van der Waals surface area contributed by atoms with E-state index in [1.807, 2.05) is 49.0 Å². The number of halogens is 6. The molecule has 15 rings (SSSR count). The number of nitrogens with zero attached hydrogens (tertiary/aromatic N) is 13. The maximum atomic E-state index is 7.00. The smallest absolute Gasteiger partial charge is 1.00 e. The zero-order chi connectivity index (χ0) is 72.4. The standard InChI is InChI=1S/C23H26ClN5O3.C22H24ClN5O3.C20H21ClN4O2.C4H9NO.C2H4Cl2.CH4O.HI.K.Na.H2O/c1-27-18(12-15-17(24)4-5-25-22(15)27)16-14-29(7-6-28-8-10-32-11-9-28)19-13-20(30-2)23(31-3)26-21(16)19;1-29-19-12-18-20(26-22(19)30-2)15(13-28(18)6-5-27-7-9-31-10-8-27)17-11-14-16(23)3-4-24-21(14)25-17;1-5-8-25-11-13(18-16(25)10-17(26-3)20(23-18)27-4)15-9-12-14(21)6-7-22-19(12)24(15)2;1-3-6-4-2-5-1;3-1-2-4;1-2;;;;/h4-5,12-14H,6-11H2,1-3H3;3-4,11-13H,5-10H2,1-2H3,(H,24,25);6-7,9-11H,5,8H2,1-4H3;5H,1-4H2;1-2H2;2H,1H3;1H;;;1H2/q;;;;;;;2*+1;/p-2. The van der Waals surface area contributed by atoms with Gasteiger partial charge in [0.15, 0.2) is 17.2 Å². The van der Waals surface area contributed by atoms with Crippen LogP contribution in [0.2, 0.25) is 15.1 Å². The summed E-state index contributed by atoms with van der Waals surface area (Å²) in [5.74, 6) is 4.33. The number of nitrogens with one attached hydrogen (secondary N) is 2. The van der Waals surface area contributed by atoms with Gasteiger partial charge in [0.2, 0.25) is 0 Å². The third kappa shape index (κ3) is 21.2. The minimum absolute atomic E-state index is 0. The van der Waals surface area contributed by atoms with Gasteiger partial charge in [0.05, 0.1) is 131 Å². The molecular formula is C72H89Cl5IKN15NaO11. The zero-order valence-corrected chi connectivity index (χ0v) is 73.0. The van der Waals surface area contributed by atoms with Gasteiger partial charge in [0.1, 0.15) is 33.5 Å². The van der Waals surface area contributed by atoms with Crippen molar-refractivity contribution in [2.75, 3.05) is 154 Å². The van der Waals surface area contributed by atoms with Crippen LogP contribution in [0.5, 0.6) is 34.9 Å². The van der Waals surface area contributed by atoms with Gasteiger partial charge in [-0.25, -0.2) is 29.9 Å². The molecule has 0 saturated carbocycles. The average Bonchev–Trinajstić information content (AvgIpc) is 1.60. The van der Waals surface area contributed by atoms with Crippen LogP contribution in [-0.2, 0) is 47.9 Å². The molecule has 0 spiro atoms. The first kappa shape index (κ1) is 90.3.